The summed E-state index contributed by atoms with van der Waals surface area (Å²) in [6.45, 7) is 2.18. The fraction of sp³-hybridized carbons (Fsp3) is 0.250. The highest BCUT2D eigenvalue weighted by molar-refractivity contribution is 7.95. The minimum absolute atomic E-state index is 0.288. The molecule has 0 saturated heterocycles. The van der Waals surface area contributed by atoms with E-state index >= 15 is 0 Å². The van der Waals surface area contributed by atoms with Gasteiger partial charge in [0.15, 0.2) is 0 Å². The molecule has 0 radical (unpaired) electrons. The van der Waals surface area contributed by atoms with Gasteiger partial charge in [0.2, 0.25) is 0 Å². The van der Waals surface area contributed by atoms with E-state index < -0.39 is 7.26 Å². The van der Waals surface area contributed by atoms with Gasteiger partial charge in [-0.25, -0.2) is 0 Å². The second-order valence-corrected chi connectivity index (χ2v) is 10.3. The Morgan fingerprint density at radius 2 is 1.08 bits per heavy atom. The molecule has 0 aliphatic heterocycles. The zero-order valence-corrected chi connectivity index (χ0v) is 16.4. The molecule has 1 atom stereocenters. The third-order valence-electron chi connectivity index (χ3n) is 4.97. The van der Waals surface area contributed by atoms with E-state index in [1.807, 2.05) is 0 Å². The number of aliphatic hydroxyl groups excluding tert-OH is 1. The fourth-order valence-electron chi connectivity index (χ4n) is 3.66. The molecule has 1 unspecified atom stereocenters. The lowest BCUT2D eigenvalue weighted by molar-refractivity contribution is 0.185. The maximum atomic E-state index is 10.9. The predicted molar refractivity (Wildman–Crippen MR) is 116 cm³/mol. The Bertz CT molecular complexity index is 674. The summed E-state index contributed by atoms with van der Waals surface area (Å²) in [5.74, 6) is 0. The van der Waals surface area contributed by atoms with Crippen molar-refractivity contribution in [3.05, 3.63) is 91.0 Å². The number of unbranched alkanes of at least 4 members (excludes halogenated alkanes) is 1. The second kappa shape index (κ2) is 9.12. The number of rotatable bonds is 8. The zero-order valence-electron chi connectivity index (χ0n) is 15.5. The van der Waals surface area contributed by atoms with Crippen molar-refractivity contribution >= 4 is 23.2 Å². The Hall–Kier alpha value is -1.95. The van der Waals surface area contributed by atoms with Gasteiger partial charge < -0.3 is 5.11 Å². The Morgan fingerprint density at radius 1 is 0.692 bits per heavy atom. The van der Waals surface area contributed by atoms with E-state index in [4.69, 9.17) is 0 Å². The van der Waals surface area contributed by atoms with Crippen LogP contribution in [0.3, 0.4) is 0 Å². The highest BCUT2D eigenvalue weighted by atomic mass is 31.2. The molecule has 3 aromatic carbocycles. The molecule has 0 aliphatic carbocycles. The SMILES string of the molecule is CCCCC(O)C[P+](c1ccccc1)(c1ccccc1)c1ccccc1. The van der Waals surface area contributed by atoms with Gasteiger partial charge in [-0.15, -0.1) is 0 Å². The van der Waals surface area contributed by atoms with Crippen molar-refractivity contribution in [1.82, 2.24) is 0 Å². The first kappa shape index (κ1) is 18.8. The average Bonchev–Trinajstić information content (AvgIpc) is 2.72. The van der Waals surface area contributed by atoms with Crippen molar-refractivity contribution in [2.24, 2.45) is 0 Å². The largest absolute Gasteiger partial charge is 0.389 e. The van der Waals surface area contributed by atoms with Gasteiger partial charge in [0.25, 0.3) is 0 Å². The Labute approximate surface area is 158 Å². The lowest BCUT2D eigenvalue weighted by Crippen LogP contribution is -2.37. The highest BCUT2D eigenvalue weighted by Crippen LogP contribution is 2.55. The minimum atomic E-state index is -1.90. The van der Waals surface area contributed by atoms with Gasteiger partial charge in [-0.3, -0.25) is 0 Å². The second-order valence-electron chi connectivity index (χ2n) is 6.80. The van der Waals surface area contributed by atoms with Crippen molar-refractivity contribution in [3.63, 3.8) is 0 Å². The van der Waals surface area contributed by atoms with Crippen LogP contribution in [0, 0.1) is 0 Å². The van der Waals surface area contributed by atoms with E-state index in [0.29, 0.717) is 0 Å². The lowest BCUT2D eigenvalue weighted by atomic mass is 10.2. The van der Waals surface area contributed by atoms with Crippen molar-refractivity contribution < 1.29 is 5.11 Å². The van der Waals surface area contributed by atoms with E-state index in [2.05, 4.69) is 97.9 Å². The van der Waals surface area contributed by atoms with Crippen LogP contribution in [0.5, 0.6) is 0 Å². The van der Waals surface area contributed by atoms with Crippen LogP contribution >= 0.6 is 7.26 Å². The third kappa shape index (κ3) is 4.06. The molecule has 134 valence electrons. The van der Waals surface area contributed by atoms with Crippen LogP contribution in [0.15, 0.2) is 91.0 Å². The summed E-state index contributed by atoms with van der Waals surface area (Å²) in [4.78, 5) is 0. The smallest absolute Gasteiger partial charge is 0.114 e. The van der Waals surface area contributed by atoms with Gasteiger partial charge in [0.05, 0.1) is 12.3 Å². The van der Waals surface area contributed by atoms with Gasteiger partial charge in [0.1, 0.15) is 23.2 Å². The summed E-state index contributed by atoms with van der Waals surface area (Å²) < 4.78 is 0. The number of hydrogen-bond donors (Lipinski definition) is 1. The van der Waals surface area contributed by atoms with Crippen LogP contribution in [0.25, 0.3) is 0 Å². The summed E-state index contributed by atoms with van der Waals surface area (Å²) in [6, 6.07) is 32.3. The van der Waals surface area contributed by atoms with E-state index in [0.717, 1.165) is 25.4 Å². The first-order chi connectivity index (χ1) is 12.8. The van der Waals surface area contributed by atoms with Gasteiger partial charge in [0, 0.05) is 0 Å². The van der Waals surface area contributed by atoms with Crippen LogP contribution in [0.2, 0.25) is 0 Å². The van der Waals surface area contributed by atoms with E-state index in [9.17, 15) is 5.11 Å². The first-order valence-electron chi connectivity index (χ1n) is 9.50. The summed E-state index contributed by atoms with van der Waals surface area (Å²) in [7, 11) is -1.90. The van der Waals surface area contributed by atoms with E-state index in [-0.39, 0.29) is 6.10 Å². The Morgan fingerprint density at radius 3 is 1.42 bits per heavy atom. The molecule has 0 saturated carbocycles. The molecule has 3 aromatic rings. The molecule has 0 fully saturated rings. The molecule has 0 aliphatic rings. The standard InChI is InChI=1S/C24H28OP/c1-2-3-13-21(25)20-26(22-14-7-4-8-15-22,23-16-9-5-10-17-23)24-18-11-6-12-19-24/h4-12,14-19,21,25H,2-3,13,20H2,1H3/q+1. The van der Waals surface area contributed by atoms with Crippen molar-refractivity contribution in [2.45, 2.75) is 32.3 Å². The monoisotopic (exact) mass is 363 g/mol. The highest BCUT2D eigenvalue weighted by Gasteiger charge is 2.46. The molecule has 0 spiro atoms. The van der Waals surface area contributed by atoms with Gasteiger partial charge in [-0.2, -0.15) is 0 Å². The first-order valence-corrected chi connectivity index (χ1v) is 11.5. The summed E-state index contributed by atoms with van der Waals surface area (Å²) in [6.07, 6.45) is 3.56. The minimum Gasteiger partial charge on any atom is -0.389 e. The maximum Gasteiger partial charge on any atom is 0.114 e. The molecule has 3 rings (SSSR count). The zero-order chi connectivity index (χ0) is 18.2. The van der Waals surface area contributed by atoms with Gasteiger partial charge >= 0.3 is 0 Å². The normalized spacial score (nSPS) is 12.7. The van der Waals surface area contributed by atoms with Crippen LogP contribution in [0.4, 0.5) is 0 Å². The lowest BCUT2D eigenvalue weighted by Gasteiger charge is -2.29. The van der Waals surface area contributed by atoms with E-state index in [1.54, 1.807) is 0 Å². The molecule has 0 amide bonds. The quantitative estimate of drug-likeness (QED) is 0.583. The molecule has 0 bridgehead atoms. The Kier molecular flexibility index (Phi) is 6.61. The van der Waals surface area contributed by atoms with Gasteiger partial charge in [-0.05, 0) is 42.8 Å². The van der Waals surface area contributed by atoms with Crippen LogP contribution < -0.4 is 15.9 Å². The molecular formula is C24H28OP+. The maximum absolute atomic E-state index is 10.9. The van der Waals surface area contributed by atoms with Crippen LogP contribution in [-0.4, -0.2) is 17.4 Å². The fourth-order valence-corrected chi connectivity index (χ4v) is 8.04. The molecule has 26 heavy (non-hydrogen) atoms. The summed E-state index contributed by atoms with van der Waals surface area (Å²) in [5.41, 5.74) is 0. The van der Waals surface area contributed by atoms with Crippen molar-refractivity contribution in [2.75, 3.05) is 6.16 Å². The number of benzene rings is 3. The molecular weight excluding hydrogens is 335 g/mol. The van der Waals surface area contributed by atoms with Gasteiger partial charge in [-0.1, -0.05) is 74.4 Å². The predicted octanol–water partition coefficient (Wildman–Crippen LogP) is 4.53. The topological polar surface area (TPSA) is 20.2 Å². The van der Waals surface area contributed by atoms with Crippen LogP contribution in [0.1, 0.15) is 26.2 Å². The summed E-state index contributed by atoms with van der Waals surface area (Å²) in [5, 5.41) is 14.9. The molecule has 0 aromatic heterocycles. The van der Waals surface area contributed by atoms with E-state index in [1.165, 1.54) is 15.9 Å². The molecule has 2 heteroatoms. The molecule has 1 N–H and O–H groups in total. The third-order valence-corrected chi connectivity index (χ3v) is 9.47. The molecule has 1 nitrogen and oxygen atoms in total. The van der Waals surface area contributed by atoms with Crippen molar-refractivity contribution in [1.29, 1.82) is 0 Å². The van der Waals surface area contributed by atoms with Crippen LogP contribution in [-0.2, 0) is 0 Å². The average molecular weight is 363 g/mol. The Balaban J connectivity index is 2.18. The summed E-state index contributed by atoms with van der Waals surface area (Å²) >= 11 is 0. The molecule has 0 heterocycles. The number of aliphatic hydroxyl groups is 1. The van der Waals surface area contributed by atoms with Crippen molar-refractivity contribution in [3.8, 4) is 0 Å². The number of hydrogen-bond acceptors (Lipinski definition) is 1.